The van der Waals surface area contributed by atoms with E-state index >= 15 is 0 Å². The molecule has 0 radical (unpaired) electrons. The van der Waals surface area contributed by atoms with E-state index in [0.717, 1.165) is 32.3 Å². The molecular weight excluding hydrogens is 427 g/mol. The summed E-state index contributed by atoms with van der Waals surface area (Å²) in [7, 11) is 0. The number of nitrogens with two attached hydrogens (primary N) is 1. The summed E-state index contributed by atoms with van der Waals surface area (Å²) in [6.45, 7) is 2.06. The van der Waals surface area contributed by atoms with Gasteiger partial charge in [-0.1, -0.05) is 23.5 Å². The van der Waals surface area contributed by atoms with Gasteiger partial charge < -0.3 is 5.73 Å². The number of hydrogen-bond donors (Lipinski definition) is 1. The van der Waals surface area contributed by atoms with Crippen LogP contribution < -0.4 is 5.73 Å². The van der Waals surface area contributed by atoms with Crippen LogP contribution in [0.1, 0.15) is 5.69 Å². The predicted molar refractivity (Wildman–Crippen MR) is 122 cm³/mol. The molecule has 0 aliphatic rings. The van der Waals surface area contributed by atoms with E-state index in [4.69, 9.17) is 10.7 Å². The first-order chi connectivity index (χ1) is 15.6. The summed E-state index contributed by atoms with van der Waals surface area (Å²) in [6.07, 6.45) is 1.70. The molecule has 32 heavy (non-hydrogen) atoms. The number of para-hydroxylation sites is 2. The average molecular weight is 442 g/mol. The van der Waals surface area contributed by atoms with E-state index in [1.54, 1.807) is 22.0 Å². The highest BCUT2D eigenvalue weighted by Gasteiger charge is 2.20. The Hall–Kier alpha value is -4.18. The molecular formula is C22H15FN8S. The highest BCUT2D eigenvalue weighted by Crippen LogP contribution is 2.37. The van der Waals surface area contributed by atoms with E-state index < -0.39 is 0 Å². The van der Waals surface area contributed by atoms with Gasteiger partial charge in [-0.25, -0.2) is 18.9 Å². The maximum atomic E-state index is 13.1. The van der Waals surface area contributed by atoms with Gasteiger partial charge in [0.25, 0.3) is 0 Å². The molecule has 0 atom stereocenters. The molecule has 0 saturated heterocycles. The molecule has 4 heterocycles. The molecule has 156 valence electrons. The molecule has 0 unspecified atom stereocenters. The van der Waals surface area contributed by atoms with Crippen LogP contribution >= 0.6 is 11.3 Å². The van der Waals surface area contributed by atoms with Gasteiger partial charge in [-0.15, -0.1) is 10.2 Å². The van der Waals surface area contributed by atoms with Crippen LogP contribution in [-0.2, 0) is 0 Å². The van der Waals surface area contributed by atoms with Gasteiger partial charge in [0.2, 0.25) is 0 Å². The van der Waals surface area contributed by atoms with Crippen molar-refractivity contribution < 1.29 is 4.39 Å². The molecule has 0 aliphatic carbocycles. The zero-order chi connectivity index (χ0) is 21.8. The van der Waals surface area contributed by atoms with Gasteiger partial charge in [-0.3, -0.25) is 4.40 Å². The van der Waals surface area contributed by atoms with Crippen LogP contribution in [0.2, 0.25) is 0 Å². The fourth-order valence-corrected chi connectivity index (χ4v) is 4.89. The van der Waals surface area contributed by atoms with E-state index in [-0.39, 0.29) is 11.6 Å². The van der Waals surface area contributed by atoms with Crippen LogP contribution in [-0.4, -0.2) is 24.0 Å². The van der Waals surface area contributed by atoms with E-state index in [0.29, 0.717) is 17.0 Å². The Morgan fingerprint density at radius 2 is 1.84 bits per heavy atom. The molecule has 2 aromatic carbocycles. The summed E-state index contributed by atoms with van der Waals surface area (Å²) < 4.78 is 16.9. The first-order valence-electron chi connectivity index (χ1n) is 9.77. The van der Waals surface area contributed by atoms with Crippen LogP contribution in [0.5, 0.6) is 0 Å². The zero-order valence-electron chi connectivity index (χ0n) is 16.8. The van der Waals surface area contributed by atoms with Gasteiger partial charge >= 0.3 is 0 Å². The second-order valence-corrected chi connectivity index (χ2v) is 8.19. The first-order valence-corrected chi connectivity index (χ1v) is 10.6. The van der Waals surface area contributed by atoms with Gasteiger partial charge in [-0.05, 0) is 49.4 Å². The summed E-state index contributed by atoms with van der Waals surface area (Å²) in [6, 6.07) is 15.7. The van der Waals surface area contributed by atoms with Crippen molar-refractivity contribution in [2.45, 2.75) is 6.92 Å². The minimum absolute atomic E-state index is 0.209. The number of aromatic nitrogens is 5. The van der Waals surface area contributed by atoms with Gasteiger partial charge in [0.05, 0.1) is 27.3 Å². The van der Waals surface area contributed by atoms with Crippen LogP contribution in [0.25, 0.3) is 32.2 Å². The molecule has 0 spiro atoms. The van der Waals surface area contributed by atoms with Crippen LogP contribution in [0.4, 0.5) is 21.6 Å². The highest BCUT2D eigenvalue weighted by molar-refractivity contribution is 7.20. The third kappa shape index (κ3) is 2.77. The number of benzene rings is 2. The van der Waals surface area contributed by atoms with Crippen molar-refractivity contribution in [3.8, 4) is 10.6 Å². The smallest absolute Gasteiger partial charge is 0.195 e. The van der Waals surface area contributed by atoms with Crippen molar-refractivity contribution in [3.63, 3.8) is 0 Å². The Labute approximate surface area is 184 Å². The lowest BCUT2D eigenvalue weighted by Gasteiger charge is -2.03. The minimum atomic E-state index is -0.337. The number of hydrogen-bond acceptors (Lipinski definition) is 7. The molecule has 0 fully saturated rings. The quantitative estimate of drug-likeness (QED) is 0.355. The number of aryl methyl sites for hydroxylation is 1. The lowest BCUT2D eigenvalue weighted by Crippen LogP contribution is -1.97. The number of rotatable bonds is 3. The van der Waals surface area contributed by atoms with Crippen LogP contribution in [0.3, 0.4) is 0 Å². The van der Waals surface area contributed by atoms with Crippen molar-refractivity contribution >= 4 is 50.2 Å². The SMILES string of the molecule is Cc1c(-c2ccnc3c(N=Nc4ccc(F)cc4)c(N)nn23)sc2nc3ccccc3n12. The van der Waals surface area contributed by atoms with Gasteiger partial charge in [0.15, 0.2) is 22.1 Å². The average Bonchev–Trinajstić information content (AvgIpc) is 3.43. The fourth-order valence-electron chi connectivity index (χ4n) is 3.73. The van der Waals surface area contributed by atoms with Gasteiger partial charge in [-0.2, -0.15) is 5.11 Å². The van der Waals surface area contributed by atoms with Crippen molar-refractivity contribution in [2.75, 3.05) is 5.73 Å². The molecule has 10 heteroatoms. The topological polar surface area (TPSA) is 98.2 Å². The van der Waals surface area contributed by atoms with Crippen molar-refractivity contribution in [1.82, 2.24) is 24.0 Å². The number of nitrogen functional groups attached to an aromatic ring is 1. The highest BCUT2D eigenvalue weighted by atomic mass is 32.1. The van der Waals surface area contributed by atoms with Crippen LogP contribution in [0, 0.1) is 12.7 Å². The standard InChI is InChI=1S/C22H15FN8S/c1-12-19(32-22-26-15-4-2-3-5-16(15)30(12)22)17-10-11-25-21-18(20(24)29-31(17)21)28-27-14-8-6-13(23)7-9-14/h2-11H,1H3,(H2,24,29). The second-order valence-electron chi connectivity index (χ2n) is 7.21. The van der Waals surface area contributed by atoms with E-state index in [2.05, 4.69) is 37.7 Å². The zero-order valence-corrected chi connectivity index (χ0v) is 17.6. The number of halogens is 1. The van der Waals surface area contributed by atoms with E-state index in [1.165, 1.54) is 24.3 Å². The minimum Gasteiger partial charge on any atom is -0.380 e. The maximum Gasteiger partial charge on any atom is 0.195 e. The van der Waals surface area contributed by atoms with E-state index in [9.17, 15) is 4.39 Å². The van der Waals surface area contributed by atoms with Gasteiger partial charge in [0.1, 0.15) is 5.82 Å². The maximum absolute atomic E-state index is 13.1. The predicted octanol–water partition coefficient (Wildman–Crippen LogP) is 5.70. The lowest BCUT2D eigenvalue weighted by atomic mass is 10.2. The molecule has 8 nitrogen and oxygen atoms in total. The van der Waals surface area contributed by atoms with Crippen molar-refractivity contribution in [3.05, 3.63) is 72.3 Å². The third-order valence-corrected chi connectivity index (χ3v) is 6.40. The number of azo groups is 1. The Morgan fingerprint density at radius 3 is 2.69 bits per heavy atom. The van der Waals surface area contributed by atoms with Crippen LogP contribution in [0.15, 0.2) is 71.0 Å². The Kier molecular flexibility index (Phi) is 4.02. The monoisotopic (exact) mass is 442 g/mol. The summed E-state index contributed by atoms with van der Waals surface area (Å²) in [5, 5.41) is 12.9. The molecule has 2 N–H and O–H groups in total. The Bertz CT molecular complexity index is 1660. The number of fused-ring (bicyclic) bond motifs is 4. The third-order valence-electron chi connectivity index (χ3n) is 5.23. The Balaban J connectivity index is 1.50. The molecule has 0 amide bonds. The summed E-state index contributed by atoms with van der Waals surface area (Å²) in [5.74, 6) is -0.128. The second kappa shape index (κ2) is 6.92. The lowest BCUT2D eigenvalue weighted by molar-refractivity contribution is 0.628. The summed E-state index contributed by atoms with van der Waals surface area (Å²) in [4.78, 5) is 11.1. The molecule has 6 aromatic rings. The number of thiazole rings is 1. The van der Waals surface area contributed by atoms with E-state index in [1.807, 2.05) is 24.3 Å². The molecule has 4 aromatic heterocycles. The molecule has 0 saturated carbocycles. The van der Waals surface area contributed by atoms with Gasteiger partial charge in [0, 0.05) is 11.9 Å². The summed E-state index contributed by atoms with van der Waals surface area (Å²) in [5.41, 5.74) is 11.4. The largest absolute Gasteiger partial charge is 0.380 e. The molecule has 0 bridgehead atoms. The molecule has 6 rings (SSSR count). The number of nitrogens with zero attached hydrogens (tertiary/aromatic N) is 7. The normalized spacial score (nSPS) is 12.1. The van der Waals surface area contributed by atoms with Crippen molar-refractivity contribution in [1.29, 1.82) is 0 Å². The Morgan fingerprint density at radius 1 is 1.03 bits per heavy atom. The molecule has 0 aliphatic heterocycles. The first kappa shape index (κ1) is 18.6. The van der Waals surface area contributed by atoms with Crippen molar-refractivity contribution in [2.24, 2.45) is 10.2 Å². The number of anilines is 1. The fraction of sp³-hybridized carbons (Fsp3) is 0.0455. The number of imidazole rings is 1. The summed E-state index contributed by atoms with van der Waals surface area (Å²) >= 11 is 1.58.